The van der Waals surface area contributed by atoms with Gasteiger partial charge in [0.2, 0.25) is 0 Å². The van der Waals surface area contributed by atoms with E-state index in [-0.39, 0.29) is 0 Å². The normalized spacial score (nSPS) is 10.5. The highest BCUT2D eigenvalue weighted by Crippen LogP contribution is 2.18. The number of aldehydes is 1. The van der Waals surface area contributed by atoms with Crippen molar-refractivity contribution in [3.8, 4) is 11.1 Å². The van der Waals surface area contributed by atoms with Gasteiger partial charge in [-0.25, -0.2) is 0 Å². The SMILES string of the molecule is O=Cc1ccc(-c2cnn(CCc3ccccc3)c2)cc1. The van der Waals surface area contributed by atoms with Crippen molar-refractivity contribution < 1.29 is 4.79 Å². The molecule has 2 aromatic carbocycles. The Hall–Kier alpha value is -2.68. The van der Waals surface area contributed by atoms with Crippen molar-refractivity contribution in [2.75, 3.05) is 0 Å². The molecular weight excluding hydrogens is 260 g/mol. The van der Waals surface area contributed by atoms with Crippen molar-refractivity contribution in [1.29, 1.82) is 0 Å². The number of rotatable bonds is 5. The highest BCUT2D eigenvalue weighted by molar-refractivity contribution is 5.76. The highest BCUT2D eigenvalue weighted by atomic mass is 16.1. The van der Waals surface area contributed by atoms with Crippen molar-refractivity contribution in [3.63, 3.8) is 0 Å². The van der Waals surface area contributed by atoms with Crippen LogP contribution < -0.4 is 0 Å². The molecule has 3 heteroatoms. The first-order valence-electron chi connectivity index (χ1n) is 6.97. The fourth-order valence-electron chi connectivity index (χ4n) is 2.28. The Bertz CT molecular complexity index is 714. The second kappa shape index (κ2) is 6.18. The predicted octanol–water partition coefficient (Wildman–Crippen LogP) is 3.61. The molecule has 0 aliphatic heterocycles. The van der Waals surface area contributed by atoms with Crippen LogP contribution in [-0.2, 0) is 13.0 Å². The zero-order chi connectivity index (χ0) is 14.5. The van der Waals surface area contributed by atoms with E-state index in [0.717, 1.165) is 30.4 Å². The first kappa shape index (κ1) is 13.3. The standard InChI is InChI=1S/C18H16N2O/c21-14-16-6-8-17(9-7-16)18-12-19-20(13-18)11-10-15-4-2-1-3-5-15/h1-9,12-14H,10-11H2. The zero-order valence-electron chi connectivity index (χ0n) is 11.6. The van der Waals surface area contributed by atoms with Crippen molar-refractivity contribution in [2.24, 2.45) is 0 Å². The first-order chi connectivity index (χ1) is 10.3. The number of carbonyl (C=O) groups excluding carboxylic acids is 1. The average molecular weight is 276 g/mol. The van der Waals surface area contributed by atoms with Gasteiger partial charge in [0, 0.05) is 23.9 Å². The van der Waals surface area contributed by atoms with Gasteiger partial charge in [-0.2, -0.15) is 5.10 Å². The van der Waals surface area contributed by atoms with E-state index >= 15 is 0 Å². The second-order valence-electron chi connectivity index (χ2n) is 4.97. The minimum absolute atomic E-state index is 0.690. The third-order valence-electron chi connectivity index (χ3n) is 3.49. The second-order valence-corrected chi connectivity index (χ2v) is 4.97. The molecule has 1 aromatic heterocycles. The Morgan fingerprint density at radius 3 is 2.43 bits per heavy atom. The Balaban J connectivity index is 1.69. The number of hydrogen-bond donors (Lipinski definition) is 0. The molecule has 0 amide bonds. The summed E-state index contributed by atoms with van der Waals surface area (Å²) in [6.07, 6.45) is 5.72. The molecule has 0 aliphatic rings. The molecule has 0 saturated heterocycles. The van der Waals surface area contributed by atoms with Crippen molar-refractivity contribution >= 4 is 6.29 Å². The Morgan fingerprint density at radius 1 is 0.952 bits per heavy atom. The van der Waals surface area contributed by atoms with Crippen LogP contribution in [0.2, 0.25) is 0 Å². The Morgan fingerprint density at radius 2 is 1.71 bits per heavy atom. The monoisotopic (exact) mass is 276 g/mol. The molecule has 0 saturated carbocycles. The van der Waals surface area contributed by atoms with E-state index in [2.05, 4.69) is 29.4 Å². The summed E-state index contributed by atoms with van der Waals surface area (Å²) in [6, 6.07) is 17.9. The van der Waals surface area contributed by atoms with Crippen LogP contribution in [0.25, 0.3) is 11.1 Å². The summed E-state index contributed by atoms with van der Waals surface area (Å²) in [6.45, 7) is 0.858. The highest BCUT2D eigenvalue weighted by Gasteiger charge is 2.02. The van der Waals surface area contributed by atoms with Crippen LogP contribution in [0, 0.1) is 0 Å². The van der Waals surface area contributed by atoms with E-state index in [1.807, 2.05) is 47.4 Å². The summed E-state index contributed by atoms with van der Waals surface area (Å²) in [4.78, 5) is 10.7. The van der Waals surface area contributed by atoms with Crippen LogP contribution in [0.3, 0.4) is 0 Å². The van der Waals surface area contributed by atoms with Crippen molar-refractivity contribution in [3.05, 3.63) is 78.1 Å². The lowest BCUT2D eigenvalue weighted by Crippen LogP contribution is -2.01. The molecule has 0 fully saturated rings. The zero-order valence-corrected chi connectivity index (χ0v) is 11.6. The number of aromatic nitrogens is 2. The molecule has 0 spiro atoms. The molecule has 0 radical (unpaired) electrons. The number of nitrogens with zero attached hydrogens (tertiary/aromatic N) is 2. The molecule has 1 heterocycles. The maximum absolute atomic E-state index is 10.7. The van der Waals surface area contributed by atoms with Crippen LogP contribution in [0.5, 0.6) is 0 Å². The lowest BCUT2D eigenvalue weighted by molar-refractivity contribution is 0.112. The predicted molar refractivity (Wildman–Crippen MR) is 83.2 cm³/mol. The van der Waals surface area contributed by atoms with E-state index in [0.29, 0.717) is 5.56 Å². The fourth-order valence-corrected chi connectivity index (χ4v) is 2.28. The van der Waals surface area contributed by atoms with Crippen molar-refractivity contribution in [1.82, 2.24) is 9.78 Å². The van der Waals surface area contributed by atoms with E-state index in [4.69, 9.17) is 0 Å². The van der Waals surface area contributed by atoms with Gasteiger partial charge in [0.05, 0.1) is 6.20 Å². The largest absolute Gasteiger partial charge is 0.298 e. The fraction of sp³-hybridized carbons (Fsp3) is 0.111. The van der Waals surface area contributed by atoms with Gasteiger partial charge in [-0.1, -0.05) is 54.6 Å². The van der Waals surface area contributed by atoms with Gasteiger partial charge in [0.15, 0.2) is 0 Å². The van der Waals surface area contributed by atoms with Crippen LogP contribution in [0.4, 0.5) is 0 Å². The molecular formula is C18H16N2O. The van der Waals surface area contributed by atoms with Gasteiger partial charge >= 0.3 is 0 Å². The molecule has 0 N–H and O–H groups in total. The van der Waals surface area contributed by atoms with E-state index < -0.39 is 0 Å². The van der Waals surface area contributed by atoms with Crippen LogP contribution in [0.15, 0.2) is 67.0 Å². The lowest BCUT2D eigenvalue weighted by Gasteiger charge is -2.01. The van der Waals surface area contributed by atoms with E-state index in [1.165, 1.54) is 5.56 Å². The number of carbonyl (C=O) groups is 1. The Labute approximate surface area is 123 Å². The summed E-state index contributed by atoms with van der Waals surface area (Å²) in [5, 5.41) is 4.40. The van der Waals surface area contributed by atoms with Crippen LogP contribution >= 0.6 is 0 Å². The topological polar surface area (TPSA) is 34.9 Å². The van der Waals surface area contributed by atoms with Crippen molar-refractivity contribution in [2.45, 2.75) is 13.0 Å². The summed E-state index contributed by atoms with van der Waals surface area (Å²) < 4.78 is 1.95. The lowest BCUT2D eigenvalue weighted by atomic mass is 10.1. The molecule has 0 atom stereocenters. The molecule has 104 valence electrons. The molecule has 3 rings (SSSR count). The van der Waals surface area contributed by atoms with Gasteiger partial charge in [-0.3, -0.25) is 9.48 Å². The number of aryl methyl sites for hydroxylation is 2. The van der Waals surface area contributed by atoms with Gasteiger partial charge in [0.25, 0.3) is 0 Å². The van der Waals surface area contributed by atoms with Gasteiger partial charge in [-0.05, 0) is 17.5 Å². The number of hydrogen-bond acceptors (Lipinski definition) is 2. The number of benzene rings is 2. The summed E-state index contributed by atoms with van der Waals surface area (Å²) in [5.41, 5.74) is 4.15. The van der Waals surface area contributed by atoms with Crippen LogP contribution in [0.1, 0.15) is 15.9 Å². The minimum Gasteiger partial charge on any atom is -0.298 e. The smallest absolute Gasteiger partial charge is 0.150 e. The molecule has 0 bridgehead atoms. The molecule has 3 nitrogen and oxygen atoms in total. The summed E-state index contributed by atoms with van der Waals surface area (Å²) >= 11 is 0. The van der Waals surface area contributed by atoms with Gasteiger partial charge in [-0.15, -0.1) is 0 Å². The molecule has 0 unspecified atom stereocenters. The quantitative estimate of drug-likeness (QED) is 0.667. The van der Waals surface area contributed by atoms with E-state index in [1.54, 1.807) is 0 Å². The van der Waals surface area contributed by atoms with E-state index in [9.17, 15) is 4.79 Å². The third kappa shape index (κ3) is 3.26. The maximum atomic E-state index is 10.7. The summed E-state index contributed by atoms with van der Waals surface area (Å²) in [7, 11) is 0. The summed E-state index contributed by atoms with van der Waals surface area (Å²) in [5.74, 6) is 0. The first-order valence-corrected chi connectivity index (χ1v) is 6.97. The van der Waals surface area contributed by atoms with Gasteiger partial charge in [0.1, 0.15) is 6.29 Å². The average Bonchev–Trinajstić information content (AvgIpc) is 3.03. The maximum Gasteiger partial charge on any atom is 0.150 e. The van der Waals surface area contributed by atoms with Gasteiger partial charge < -0.3 is 0 Å². The molecule has 0 aliphatic carbocycles. The third-order valence-corrected chi connectivity index (χ3v) is 3.49. The minimum atomic E-state index is 0.690. The van der Waals surface area contributed by atoms with Crippen LogP contribution in [-0.4, -0.2) is 16.1 Å². The molecule has 21 heavy (non-hydrogen) atoms. The molecule has 3 aromatic rings. The Kier molecular flexibility index (Phi) is 3.92.